The van der Waals surface area contributed by atoms with Crippen molar-refractivity contribution in [2.24, 2.45) is 0 Å². The third-order valence-electron chi connectivity index (χ3n) is 3.97. The summed E-state index contributed by atoms with van der Waals surface area (Å²) in [5.41, 5.74) is 1.14. The molecule has 1 N–H and O–H groups in total. The summed E-state index contributed by atoms with van der Waals surface area (Å²) in [6.07, 6.45) is 3.39. The largest absolute Gasteiger partial charge is 0.334 e. The number of sulfonamides is 1. The van der Waals surface area contributed by atoms with Crippen molar-refractivity contribution in [3.63, 3.8) is 0 Å². The van der Waals surface area contributed by atoms with Crippen molar-refractivity contribution in [1.82, 2.24) is 19.2 Å². The molecule has 1 aromatic heterocycles. The molecule has 0 radical (unpaired) electrons. The van der Waals surface area contributed by atoms with Gasteiger partial charge in [0.15, 0.2) is 0 Å². The van der Waals surface area contributed by atoms with Crippen LogP contribution < -0.4 is 4.72 Å². The summed E-state index contributed by atoms with van der Waals surface area (Å²) in [4.78, 5) is 17.8. The highest BCUT2D eigenvalue weighted by atomic mass is 32.2. The minimum absolute atomic E-state index is 0.0640. The standard InChI is InChI=1S/C15H17FN4O3S/c1-11-6-13(2-3-14(11)16)24(22,23)18-8-15(21)19-4-5-20-10-17-7-12(20)9-19/h2-3,6-7,10,18H,4-5,8-9H2,1H3. The fourth-order valence-electron chi connectivity index (χ4n) is 2.53. The van der Waals surface area contributed by atoms with Gasteiger partial charge in [-0.15, -0.1) is 0 Å². The molecule has 1 aromatic carbocycles. The van der Waals surface area contributed by atoms with Gasteiger partial charge in [-0.2, -0.15) is 0 Å². The Morgan fingerprint density at radius 1 is 1.38 bits per heavy atom. The van der Waals surface area contributed by atoms with Crippen molar-refractivity contribution in [1.29, 1.82) is 0 Å². The number of nitrogens with zero attached hydrogens (tertiary/aromatic N) is 3. The summed E-state index contributed by atoms with van der Waals surface area (Å²) >= 11 is 0. The lowest BCUT2D eigenvalue weighted by atomic mass is 10.2. The number of hydrogen-bond acceptors (Lipinski definition) is 4. The van der Waals surface area contributed by atoms with E-state index in [1.54, 1.807) is 17.4 Å². The van der Waals surface area contributed by atoms with Crippen LogP contribution in [0.3, 0.4) is 0 Å². The van der Waals surface area contributed by atoms with Crippen LogP contribution in [0.15, 0.2) is 35.6 Å². The van der Waals surface area contributed by atoms with Crippen molar-refractivity contribution < 1.29 is 17.6 Å². The van der Waals surface area contributed by atoms with Crippen LogP contribution >= 0.6 is 0 Å². The van der Waals surface area contributed by atoms with Crippen LogP contribution in [0.2, 0.25) is 0 Å². The van der Waals surface area contributed by atoms with Crippen LogP contribution in [-0.2, 0) is 27.9 Å². The molecule has 7 nitrogen and oxygen atoms in total. The molecule has 1 amide bonds. The first-order valence-electron chi connectivity index (χ1n) is 7.39. The lowest BCUT2D eigenvalue weighted by Gasteiger charge is -2.28. The van der Waals surface area contributed by atoms with Crippen molar-refractivity contribution >= 4 is 15.9 Å². The van der Waals surface area contributed by atoms with Gasteiger partial charge in [0.25, 0.3) is 0 Å². The highest BCUT2D eigenvalue weighted by Crippen LogP contribution is 2.15. The zero-order chi connectivity index (χ0) is 17.3. The molecule has 0 fully saturated rings. The van der Waals surface area contributed by atoms with E-state index in [-0.39, 0.29) is 22.9 Å². The Morgan fingerprint density at radius 3 is 2.92 bits per heavy atom. The molecule has 0 aliphatic carbocycles. The number of halogens is 1. The number of fused-ring (bicyclic) bond motifs is 1. The Labute approximate surface area is 139 Å². The fraction of sp³-hybridized carbons (Fsp3) is 0.333. The lowest BCUT2D eigenvalue weighted by Crippen LogP contribution is -2.43. The molecule has 24 heavy (non-hydrogen) atoms. The normalized spacial score (nSPS) is 14.5. The molecule has 1 aliphatic rings. The zero-order valence-electron chi connectivity index (χ0n) is 13.1. The van der Waals surface area contributed by atoms with E-state index >= 15 is 0 Å². The second-order valence-electron chi connectivity index (χ2n) is 5.63. The van der Waals surface area contributed by atoms with Gasteiger partial charge in [0.1, 0.15) is 5.82 Å². The summed E-state index contributed by atoms with van der Waals surface area (Å²) in [7, 11) is -3.86. The first kappa shape index (κ1) is 16.6. The SMILES string of the molecule is Cc1cc(S(=O)(=O)NCC(=O)N2CCn3cncc3C2)ccc1F. The number of imidazole rings is 1. The number of hydrogen-bond donors (Lipinski definition) is 1. The average molecular weight is 352 g/mol. The zero-order valence-corrected chi connectivity index (χ0v) is 13.9. The molecular formula is C15H17FN4O3S. The number of carbonyl (C=O) groups excluding carboxylic acids is 1. The van der Waals surface area contributed by atoms with Gasteiger partial charge < -0.3 is 9.47 Å². The summed E-state index contributed by atoms with van der Waals surface area (Å²) in [6.45, 7) is 2.67. The summed E-state index contributed by atoms with van der Waals surface area (Å²) < 4.78 is 41.9. The van der Waals surface area contributed by atoms with Gasteiger partial charge >= 0.3 is 0 Å². The molecule has 0 spiro atoms. The van der Waals surface area contributed by atoms with E-state index in [9.17, 15) is 17.6 Å². The molecule has 0 saturated heterocycles. The predicted molar refractivity (Wildman–Crippen MR) is 84.0 cm³/mol. The van der Waals surface area contributed by atoms with Crippen LogP contribution in [0.1, 0.15) is 11.3 Å². The number of aryl methyl sites for hydroxylation is 1. The van der Waals surface area contributed by atoms with Gasteiger partial charge in [-0.1, -0.05) is 0 Å². The van der Waals surface area contributed by atoms with E-state index in [2.05, 4.69) is 9.71 Å². The molecule has 2 heterocycles. The Kier molecular flexibility index (Phi) is 4.37. The monoisotopic (exact) mass is 352 g/mol. The molecule has 3 rings (SSSR count). The van der Waals surface area contributed by atoms with Crippen LogP contribution in [-0.4, -0.2) is 41.9 Å². The van der Waals surface area contributed by atoms with E-state index in [1.807, 2.05) is 4.57 Å². The third kappa shape index (κ3) is 3.31. The summed E-state index contributed by atoms with van der Waals surface area (Å²) in [6, 6.07) is 3.51. The predicted octanol–water partition coefficient (Wildman–Crippen LogP) is 0.651. The third-order valence-corrected chi connectivity index (χ3v) is 5.37. The molecule has 0 bridgehead atoms. The molecule has 0 saturated carbocycles. The van der Waals surface area contributed by atoms with E-state index in [0.29, 0.717) is 19.6 Å². The number of aromatic nitrogens is 2. The summed E-state index contributed by atoms with van der Waals surface area (Å²) in [5, 5.41) is 0. The van der Waals surface area contributed by atoms with Crippen LogP contribution in [0.4, 0.5) is 4.39 Å². The van der Waals surface area contributed by atoms with Crippen molar-refractivity contribution in [3.05, 3.63) is 47.8 Å². The van der Waals surface area contributed by atoms with Gasteiger partial charge in [0, 0.05) is 19.3 Å². The quantitative estimate of drug-likeness (QED) is 0.876. The maximum absolute atomic E-state index is 13.3. The van der Waals surface area contributed by atoms with Crippen molar-refractivity contribution in [2.75, 3.05) is 13.1 Å². The highest BCUT2D eigenvalue weighted by Gasteiger charge is 2.23. The Bertz CT molecular complexity index is 879. The average Bonchev–Trinajstić information content (AvgIpc) is 3.02. The van der Waals surface area contributed by atoms with E-state index < -0.39 is 15.8 Å². The molecule has 0 atom stereocenters. The van der Waals surface area contributed by atoms with Gasteiger partial charge in [0.2, 0.25) is 15.9 Å². The van der Waals surface area contributed by atoms with Gasteiger partial charge in [0.05, 0.1) is 30.0 Å². The van der Waals surface area contributed by atoms with Crippen LogP contribution in [0.25, 0.3) is 0 Å². The van der Waals surface area contributed by atoms with E-state index in [1.165, 1.54) is 19.1 Å². The van der Waals surface area contributed by atoms with E-state index in [4.69, 9.17) is 0 Å². The molecule has 1 aliphatic heterocycles. The van der Waals surface area contributed by atoms with Crippen molar-refractivity contribution in [3.8, 4) is 0 Å². The number of amides is 1. The van der Waals surface area contributed by atoms with E-state index in [0.717, 1.165) is 11.8 Å². The Hall–Kier alpha value is -2.26. The van der Waals surface area contributed by atoms with Crippen LogP contribution in [0.5, 0.6) is 0 Å². The highest BCUT2D eigenvalue weighted by molar-refractivity contribution is 7.89. The number of carbonyl (C=O) groups is 1. The Morgan fingerprint density at radius 2 is 2.17 bits per heavy atom. The molecule has 128 valence electrons. The molecule has 0 unspecified atom stereocenters. The Balaban J connectivity index is 1.64. The number of benzene rings is 1. The lowest BCUT2D eigenvalue weighted by molar-refractivity contribution is -0.131. The minimum atomic E-state index is -3.86. The second-order valence-corrected chi connectivity index (χ2v) is 7.40. The smallest absolute Gasteiger partial charge is 0.241 e. The fourth-order valence-corrected chi connectivity index (χ4v) is 3.59. The topological polar surface area (TPSA) is 84.3 Å². The maximum atomic E-state index is 13.3. The van der Waals surface area contributed by atoms with Crippen molar-refractivity contribution in [2.45, 2.75) is 24.9 Å². The van der Waals surface area contributed by atoms with Gasteiger partial charge in [-0.25, -0.2) is 22.5 Å². The molecule has 9 heteroatoms. The first-order chi connectivity index (χ1) is 11.4. The second kappa shape index (κ2) is 6.33. The molecule has 2 aromatic rings. The number of rotatable bonds is 4. The maximum Gasteiger partial charge on any atom is 0.241 e. The minimum Gasteiger partial charge on any atom is -0.334 e. The number of nitrogens with one attached hydrogen (secondary N) is 1. The molecular weight excluding hydrogens is 335 g/mol. The van der Waals surface area contributed by atoms with Gasteiger partial charge in [-0.3, -0.25) is 4.79 Å². The van der Waals surface area contributed by atoms with Crippen LogP contribution in [0, 0.1) is 12.7 Å². The first-order valence-corrected chi connectivity index (χ1v) is 8.88. The van der Waals surface area contributed by atoms with Gasteiger partial charge in [-0.05, 0) is 30.7 Å². The summed E-state index contributed by atoms with van der Waals surface area (Å²) in [5.74, 6) is -0.792.